The summed E-state index contributed by atoms with van der Waals surface area (Å²) in [7, 11) is 1.86. The van der Waals surface area contributed by atoms with E-state index in [1.54, 1.807) is 11.1 Å². The van der Waals surface area contributed by atoms with E-state index in [9.17, 15) is 4.79 Å². The number of fused-ring (bicyclic) bond motifs is 1. The second-order valence-electron chi connectivity index (χ2n) is 6.62. The maximum Gasteiger partial charge on any atom is 0.256 e. The van der Waals surface area contributed by atoms with Crippen LogP contribution in [0.15, 0.2) is 48.7 Å². The van der Waals surface area contributed by atoms with Crippen LogP contribution in [0.1, 0.15) is 28.8 Å². The molecule has 0 radical (unpaired) electrons. The van der Waals surface area contributed by atoms with Crippen molar-refractivity contribution in [3.63, 3.8) is 0 Å². The van der Waals surface area contributed by atoms with E-state index < -0.39 is 0 Å². The van der Waals surface area contributed by atoms with Crippen LogP contribution in [0.3, 0.4) is 0 Å². The van der Waals surface area contributed by atoms with E-state index in [0.717, 1.165) is 24.0 Å². The summed E-state index contributed by atoms with van der Waals surface area (Å²) >= 11 is 0. The Hall–Kier alpha value is -2.82. The summed E-state index contributed by atoms with van der Waals surface area (Å²) in [6.07, 6.45) is 4.23. The molecule has 0 bridgehead atoms. The number of hydrogen-bond acceptors (Lipinski definition) is 3. The van der Waals surface area contributed by atoms with E-state index in [-0.39, 0.29) is 5.91 Å². The summed E-state index contributed by atoms with van der Waals surface area (Å²) in [5, 5.41) is 7.95. The number of para-hydroxylation sites is 2. The van der Waals surface area contributed by atoms with Gasteiger partial charge in [0.1, 0.15) is 0 Å². The van der Waals surface area contributed by atoms with Gasteiger partial charge in [0.25, 0.3) is 5.91 Å². The van der Waals surface area contributed by atoms with Gasteiger partial charge in [-0.15, -0.1) is 0 Å². The Morgan fingerprint density at radius 2 is 1.96 bits per heavy atom. The van der Waals surface area contributed by atoms with E-state index in [1.165, 1.54) is 24.1 Å². The number of hydrogen-bond donors (Lipinski definition) is 1. The van der Waals surface area contributed by atoms with Crippen molar-refractivity contribution in [2.75, 3.05) is 25.0 Å². The van der Waals surface area contributed by atoms with Crippen LogP contribution in [0.2, 0.25) is 0 Å². The third-order valence-corrected chi connectivity index (χ3v) is 4.90. The molecule has 1 aliphatic rings. The molecule has 5 nitrogen and oxygen atoms in total. The molecule has 1 N–H and O–H groups in total. The van der Waals surface area contributed by atoms with Crippen molar-refractivity contribution in [2.24, 2.45) is 0 Å². The van der Waals surface area contributed by atoms with E-state index >= 15 is 0 Å². The number of rotatable bonds is 4. The van der Waals surface area contributed by atoms with Crippen molar-refractivity contribution in [2.45, 2.75) is 19.4 Å². The molecule has 1 aromatic heterocycles. The molecule has 0 aliphatic carbocycles. The Morgan fingerprint density at radius 3 is 2.80 bits per heavy atom. The minimum atomic E-state index is 0.00563. The lowest BCUT2D eigenvalue weighted by atomic mass is 10.1. The number of aromatic nitrogens is 2. The molecule has 0 saturated carbocycles. The van der Waals surface area contributed by atoms with Crippen LogP contribution in [0.25, 0.3) is 10.9 Å². The molecular formula is C20H22N4O. The van der Waals surface area contributed by atoms with Crippen molar-refractivity contribution in [1.29, 1.82) is 0 Å². The first-order valence-corrected chi connectivity index (χ1v) is 8.74. The molecule has 2 heterocycles. The number of H-pyrrole nitrogens is 1. The van der Waals surface area contributed by atoms with Crippen molar-refractivity contribution in [3.05, 3.63) is 59.8 Å². The fraction of sp³-hybridized carbons (Fsp3) is 0.300. The summed E-state index contributed by atoms with van der Waals surface area (Å²) in [5.74, 6) is 0.00563. The maximum absolute atomic E-state index is 13.0. The molecule has 1 aliphatic heterocycles. The third kappa shape index (κ3) is 2.97. The Balaban J connectivity index is 1.59. The lowest BCUT2D eigenvalue weighted by Gasteiger charge is -2.24. The Bertz CT molecular complexity index is 895. The topological polar surface area (TPSA) is 52.2 Å². The van der Waals surface area contributed by atoms with E-state index in [2.05, 4.69) is 33.3 Å². The van der Waals surface area contributed by atoms with Gasteiger partial charge < -0.3 is 9.80 Å². The van der Waals surface area contributed by atoms with Gasteiger partial charge in [-0.3, -0.25) is 9.89 Å². The lowest BCUT2D eigenvalue weighted by Crippen LogP contribution is -2.28. The monoisotopic (exact) mass is 334 g/mol. The molecule has 1 fully saturated rings. The van der Waals surface area contributed by atoms with Crippen molar-refractivity contribution >= 4 is 22.5 Å². The van der Waals surface area contributed by atoms with Crippen LogP contribution >= 0.6 is 0 Å². The van der Waals surface area contributed by atoms with Gasteiger partial charge in [-0.05, 0) is 30.5 Å². The van der Waals surface area contributed by atoms with Crippen molar-refractivity contribution in [1.82, 2.24) is 15.1 Å². The molecule has 0 atom stereocenters. The first-order chi connectivity index (χ1) is 12.2. The smallest absolute Gasteiger partial charge is 0.256 e. The highest BCUT2D eigenvalue weighted by molar-refractivity contribution is 6.05. The summed E-state index contributed by atoms with van der Waals surface area (Å²) in [4.78, 5) is 17.2. The molecule has 0 unspecified atom stereocenters. The molecule has 128 valence electrons. The second kappa shape index (κ2) is 6.59. The van der Waals surface area contributed by atoms with Gasteiger partial charge >= 0.3 is 0 Å². The first kappa shape index (κ1) is 15.7. The molecule has 25 heavy (non-hydrogen) atoms. The average molecular weight is 334 g/mol. The van der Waals surface area contributed by atoms with E-state index in [0.29, 0.717) is 12.1 Å². The fourth-order valence-corrected chi connectivity index (χ4v) is 3.59. The van der Waals surface area contributed by atoms with E-state index in [1.807, 2.05) is 31.3 Å². The number of carbonyl (C=O) groups is 1. The highest BCUT2D eigenvalue weighted by Gasteiger charge is 2.19. The fourth-order valence-electron chi connectivity index (χ4n) is 3.59. The number of benzene rings is 2. The lowest BCUT2D eigenvalue weighted by molar-refractivity contribution is 0.0787. The van der Waals surface area contributed by atoms with Crippen LogP contribution < -0.4 is 4.90 Å². The zero-order chi connectivity index (χ0) is 17.2. The summed E-state index contributed by atoms with van der Waals surface area (Å²) < 4.78 is 0. The number of nitrogens with zero attached hydrogens (tertiary/aromatic N) is 3. The van der Waals surface area contributed by atoms with Gasteiger partial charge in [0.15, 0.2) is 0 Å². The SMILES string of the molecule is CN(Cc1ccccc1N1CCCC1)C(=O)c1cccc2cn[nH]c12. The predicted octanol–water partition coefficient (Wildman–Crippen LogP) is 3.44. The van der Waals surface area contributed by atoms with Crippen molar-refractivity contribution in [3.8, 4) is 0 Å². The number of nitrogens with one attached hydrogen (secondary N) is 1. The highest BCUT2D eigenvalue weighted by Crippen LogP contribution is 2.26. The normalized spacial score (nSPS) is 14.2. The van der Waals surface area contributed by atoms with Gasteiger partial charge in [-0.25, -0.2) is 0 Å². The molecule has 1 amide bonds. The van der Waals surface area contributed by atoms with Crippen LogP contribution in [-0.4, -0.2) is 41.1 Å². The summed E-state index contributed by atoms with van der Waals surface area (Å²) in [6.45, 7) is 2.79. The molecule has 0 spiro atoms. The minimum absolute atomic E-state index is 0.00563. The van der Waals surface area contributed by atoms with Gasteiger partial charge in [0.05, 0.1) is 17.3 Å². The second-order valence-corrected chi connectivity index (χ2v) is 6.62. The zero-order valence-electron chi connectivity index (χ0n) is 14.4. The number of aromatic amines is 1. The molecule has 2 aromatic carbocycles. The zero-order valence-corrected chi connectivity index (χ0v) is 14.4. The van der Waals surface area contributed by atoms with Crippen LogP contribution in [0, 0.1) is 0 Å². The first-order valence-electron chi connectivity index (χ1n) is 8.74. The largest absolute Gasteiger partial charge is 0.371 e. The molecule has 3 aromatic rings. The molecule has 1 saturated heterocycles. The Labute approximate surface area is 147 Å². The molecule has 5 heteroatoms. The van der Waals surface area contributed by atoms with Gasteiger partial charge in [0.2, 0.25) is 0 Å². The van der Waals surface area contributed by atoms with Gasteiger partial charge in [-0.1, -0.05) is 30.3 Å². The summed E-state index contributed by atoms with van der Waals surface area (Å²) in [5.41, 5.74) is 3.90. The maximum atomic E-state index is 13.0. The van der Waals surface area contributed by atoms with Crippen LogP contribution in [0.5, 0.6) is 0 Å². The highest BCUT2D eigenvalue weighted by atomic mass is 16.2. The quantitative estimate of drug-likeness (QED) is 0.795. The van der Waals surface area contributed by atoms with E-state index in [4.69, 9.17) is 0 Å². The molecular weight excluding hydrogens is 312 g/mol. The summed E-state index contributed by atoms with van der Waals surface area (Å²) in [6, 6.07) is 14.1. The Morgan fingerprint density at radius 1 is 1.16 bits per heavy atom. The minimum Gasteiger partial charge on any atom is -0.371 e. The van der Waals surface area contributed by atoms with Crippen molar-refractivity contribution < 1.29 is 4.79 Å². The number of carbonyl (C=O) groups excluding carboxylic acids is 1. The Kier molecular flexibility index (Phi) is 4.14. The third-order valence-electron chi connectivity index (χ3n) is 4.90. The standard InChI is InChI=1S/C20H22N4O/c1-23(20(25)17-9-6-8-15-13-21-22-19(15)17)14-16-7-2-3-10-18(16)24-11-4-5-12-24/h2-3,6-10,13H,4-5,11-12,14H2,1H3,(H,21,22). The van der Waals surface area contributed by atoms with Gasteiger partial charge in [-0.2, -0.15) is 5.10 Å². The predicted molar refractivity (Wildman–Crippen MR) is 99.8 cm³/mol. The number of amides is 1. The average Bonchev–Trinajstić information content (AvgIpc) is 3.32. The number of anilines is 1. The van der Waals surface area contributed by atoms with Gasteiger partial charge in [0, 0.05) is 37.8 Å². The molecule has 4 rings (SSSR count). The van der Waals surface area contributed by atoms with Crippen LogP contribution in [-0.2, 0) is 6.54 Å². The van der Waals surface area contributed by atoms with Crippen LogP contribution in [0.4, 0.5) is 5.69 Å².